The molecule has 0 aliphatic carbocycles. The van der Waals surface area contributed by atoms with Gasteiger partial charge in [0.2, 0.25) is 0 Å². The summed E-state index contributed by atoms with van der Waals surface area (Å²) in [5.41, 5.74) is 4.11. The maximum absolute atomic E-state index is 12.8. The Morgan fingerprint density at radius 1 is 1.08 bits per heavy atom. The molecule has 0 spiro atoms. The lowest BCUT2D eigenvalue weighted by Crippen LogP contribution is -2.38. The summed E-state index contributed by atoms with van der Waals surface area (Å²) >= 11 is 0. The van der Waals surface area contributed by atoms with Gasteiger partial charge in [-0.2, -0.15) is 0 Å². The van der Waals surface area contributed by atoms with E-state index < -0.39 is 6.04 Å². The first-order valence-electron chi connectivity index (χ1n) is 8.60. The number of carbonyl (C=O) groups excluding carboxylic acids is 1. The number of rotatable bonds is 4. The molecule has 26 heavy (non-hydrogen) atoms. The Bertz CT molecular complexity index is 916. The molecule has 3 aromatic rings. The molecule has 1 aliphatic rings. The molecule has 4 nitrogen and oxygen atoms in total. The van der Waals surface area contributed by atoms with Crippen LogP contribution in [0.1, 0.15) is 28.8 Å². The van der Waals surface area contributed by atoms with Crippen molar-refractivity contribution in [3.8, 4) is 0 Å². The molecule has 0 amide bonds. The molecule has 0 fully saturated rings. The van der Waals surface area contributed by atoms with Crippen LogP contribution < -0.4 is 4.90 Å². The molecular formula is C22H20N2O2. The van der Waals surface area contributed by atoms with Gasteiger partial charge in [0.15, 0.2) is 6.04 Å². The molecular weight excluding hydrogens is 324 g/mol. The fraction of sp³-hybridized carbons (Fsp3) is 0.136. The first-order chi connectivity index (χ1) is 12.8. The van der Waals surface area contributed by atoms with E-state index in [1.165, 1.54) is 7.11 Å². The van der Waals surface area contributed by atoms with Crippen LogP contribution in [0, 0.1) is 0 Å². The maximum Gasteiger partial charge on any atom is 0.333 e. The molecule has 2 heterocycles. The van der Waals surface area contributed by atoms with Gasteiger partial charge >= 0.3 is 5.97 Å². The highest BCUT2D eigenvalue weighted by Crippen LogP contribution is 2.42. The highest BCUT2D eigenvalue weighted by Gasteiger charge is 2.36. The van der Waals surface area contributed by atoms with E-state index in [9.17, 15) is 4.79 Å². The molecule has 0 bridgehead atoms. The van der Waals surface area contributed by atoms with Crippen molar-refractivity contribution in [1.29, 1.82) is 0 Å². The van der Waals surface area contributed by atoms with E-state index in [1.807, 2.05) is 60.9 Å². The summed E-state index contributed by atoms with van der Waals surface area (Å²) in [5, 5.41) is 0. The van der Waals surface area contributed by atoms with Crippen molar-refractivity contribution in [2.24, 2.45) is 0 Å². The molecule has 2 aromatic carbocycles. The number of anilines is 1. The molecule has 0 unspecified atom stereocenters. The van der Waals surface area contributed by atoms with Crippen molar-refractivity contribution in [2.45, 2.75) is 12.1 Å². The highest BCUT2D eigenvalue weighted by molar-refractivity contribution is 5.85. The fourth-order valence-corrected chi connectivity index (χ4v) is 3.55. The van der Waals surface area contributed by atoms with Crippen molar-refractivity contribution < 1.29 is 9.53 Å². The summed E-state index contributed by atoms with van der Waals surface area (Å²) in [5.74, 6) is -0.276. The van der Waals surface area contributed by atoms with E-state index in [2.05, 4.69) is 34.2 Å². The number of aromatic nitrogens is 1. The standard InChI is InChI=1S/C22H20N2O2/c1-26-22(25)21(17-8-3-2-4-9-17)24-19-10-6-5-7-16(19)11-12-20(24)18-13-14-23-15-18/h2-15,20-21,23H,1H3/t20-,21+/m1/s1. The van der Waals surface area contributed by atoms with E-state index in [0.29, 0.717) is 0 Å². The van der Waals surface area contributed by atoms with E-state index >= 15 is 0 Å². The van der Waals surface area contributed by atoms with Gasteiger partial charge in [-0.05, 0) is 28.8 Å². The quantitative estimate of drug-likeness (QED) is 0.709. The molecule has 2 atom stereocenters. The van der Waals surface area contributed by atoms with Gasteiger partial charge in [0.1, 0.15) is 0 Å². The second kappa shape index (κ2) is 6.92. The van der Waals surface area contributed by atoms with Crippen LogP contribution >= 0.6 is 0 Å². The summed E-state index contributed by atoms with van der Waals surface area (Å²) in [6, 6.07) is 19.3. The number of nitrogens with zero attached hydrogens (tertiary/aromatic N) is 1. The van der Waals surface area contributed by atoms with E-state index in [1.54, 1.807) is 0 Å². The maximum atomic E-state index is 12.8. The van der Waals surface area contributed by atoms with Gasteiger partial charge in [0, 0.05) is 18.1 Å². The highest BCUT2D eigenvalue weighted by atomic mass is 16.5. The number of ether oxygens (including phenoxy) is 1. The predicted molar refractivity (Wildman–Crippen MR) is 103 cm³/mol. The first kappa shape index (κ1) is 16.2. The number of methoxy groups -OCH3 is 1. The molecule has 1 aromatic heterocycles. The van der Waals surface area contributed by atoms with Gasteiger partial charge in [-0.3, -0.25) is 0 Å². The molecule has 4 rings (SSSR count). The Labute approximate surface area is 152 Å². The minimum Gasteiger partial charge on any atom is -0.467 e. The number of hydrogen-bond acceptors (Lipinski definition) is 3. The molecule has 1 N–H and O–H groups in total. The molecule has 130 valence electrons. The lowest BCUT2D eigenvalue weighted by Gasteiger charge is -2.40. The van der Waals surface area contributed by atoms with Crippen molar-refractivity contribution in [2.75, 3.05) is 12.0 Å². The molecule has 4 heteroatoms. The SMILES string of the molecule is COC(=O)[C@H](c1ccccc1)N1c2ccccc2C=C[C@@H]1c1cc[nH]c1. The average molecular weight is 344 g/mol. The van der Waals surface area contributed by atoms with Crippen molar-refractivity contribution in [1.82, 2.24) is 4.98 Å². The molecule has 0 radical (unpaired) electrons. The Hall–Kier alpha value is -3.27. The zero-order chi connectivity index (χ0) is 17.9. The lowest BCUT2D eigenvalue weighted by atomic mass is 9.94. The number of esters is 1. The molecule has 0 saturated heterocycles. The van der Waals surface area contributed by atoms with Crippen LogP contribution in [0.15, 0.2) is 79.1 Å². The zero-order valence-electron chi connectivity index (χ0n) is 14.5. The van der Waals surface area contributed by atoms with Gasteiger partial charge in [0.25, 0.3) is 0 Å². The van der Waals surface area contributed by atoms with Crippen LogP contribution in [0.5, 0.6) is 0 Å². The number of H-pyrrole nitrogens is 1. The van der Waals surface area contributed by atoms with Gasteiger partial charge in [0.05, 0.1) is 13.2 Å². The lowest BCUT2D eigenvalue weighted by molar-refractivity contribution is -0.142. The topological polar surface area (TPSA) is 45.3 Å². The second-order valence-electron chi connectivity index (χ2n) is 6.25. The minimum absolute atomic E-state index is 0.0690. The summed E-state index contributed by atoms with van der Waals surface area (Å²) < 4.78 is 5.19. The monoisotopic (exact) mass is 344 g/mol. The van der Waals surface area contributed by atoms with Crippen LogP contribution in [0.25, 0.3) is 6.08 Å². The third kappa shape index (κ3) is 2.80. The summed E-state index contributed by atoms with van der Waals surface area (Å²) in [7, 11) is 1.44. The number of benzene rings is 2. The van der Waals surface area contributed by atoms with Crippen molar-refractivity contribution in [3.63, 3.8) is 0 Å². The predicted octanol–water partition coefficient (Wildman–Crippen LogP) is 4.50. The van der Waals surface area contributed by atoms with Crippen molar-refractivity contribution >= 4 is 17.7 Å². The third-order valence-corrected chi connectivity index (χ3v) is 4.75. The first-order valence-corrected chi connectivity index (χ1v) is 8.60. The largest absolute Gasteiger partial charge is 0.467 e. The third-order valence-electron chi connectivity index (χ3n) is 4.75. The number of hydrogen-bond donors (Lipinski definition) is 1. The number of nitrogens with one attached hydrogen (secondary N) is 1. The van der Waals surface area contributed by atoms with E-state index in [4.69, 9.17) is 4.74 Å². The summed E-state index contributed by atoms with van der Waals surface area (Å²) in [4.78, 5) is 18.1. The zero-order valence-corrected chi connectivity index (χ0v) is 14.5. The number of fused-ring (bicyclic) bond motifs is 1. The summed E-state index contributed by atoms with van der Waals surface area (Å²) in [6.45, 7) is 0. The van der Waals surface area contributed by atoms with Crippen LogP contribution in [-0.4, -0.2) is 18.1 Å². The number of aromatic amines is 1. The second-order valence-corrected chi connectivity index (χ2v) is 6.25. The van der Waals surface area contributed by atoms with Crippen LogP contribution in [0.4, 0.5) is 5.69 Å². The van der Waals surface area contributed by atoms with E-state index in [0.717, 1.165) is 22.4 Å². The van der Waals surface area contributed by atoms with Crippen molar-refractivity contribution in [3.05, 3.63) is 95.8 Å². The van der Waals surface area contributed by atoms with Gasteiger partial charge < -0.3 is 14.6 Å². The average Bonchev–Trinajstić information content (AvgIpc) is 3.23. The fourth-order valence-electron chi connectivity index (χ4n) is 3.55. The number of para-hydroxylation sites is 1. The van der Waals surface area contributed by atoms with Crippen LogP contribution in [0.2, 0.25) is 0 Å². The van der Waals surface area contributed by atoms with Gasteiger partial charge in [-0.25, -0.2) is 4.79 Å². The van der Waals surface area contributed by atoms with Gasteiger partial charge in [-0.1, -0.05) is 60.7 Å². The molecule has 0 saturated carbocycles. The van der Waals surface area contributed by atoms with E-state index in [-0.39, 0.29) is 12.0 Å². The number of carbonyl (C=O) groups is 1. The van der Waals surface area contributed by atoms with Crippen LogP contribution in [0.3, 0.4) is 0 Å². The normalized spacial score (nSPS) is 16.8. The Balaban J connectivity index is 1.90. The summed E-state index contributed by atoms with van der Waals surface area (Å²) in [6.07, 6.45) is 8.11. The minimum atomic E-state index is -0.535. The van der Waals surface area contributed by atoms with Gasteiger partial charge in [-0.15, -0.1) is 0 Å². The Kier molecular flexibility index (Phi) is 4.32. The smallest absolute Gasteiger partial charge is 0.333 e. The Morgan fingerprint density at radius 2 is 1.85 bits per heavy atom. The van der Waals surface area contributed by atoms with Crippen LogP contribution in [-0.2, 0) is 9.53 Å². The Morgan fingerprint density at radius 3 is 2.58 bits per heavy atom. The molecule has 1 aliphatic heterocycles.